The van der Waals surface area contributed by atoms with E-state index in [1.165, 1.54) is 18.2 Å². The van der Waals surface area contributed by atoms with Gasteiger partial charge in [-0.2, -0.15) is 0 Å². The highest BCUT2D eigenvalue weighted by atomic mass is 32.1. The van der Waals surface area contributed by atoms with Crippen LogP contribution in [0.2, 0.25) is 0 Å². The molecule has 0 aliphatic rings. The van der Waals surface area contributed by atoms with Crippen molar-refractivity contribution in [2.24, 2.45) is 0 Å². The van der Waals surface area contributed by atoms with Crippen molar-refractivity contribution < 1.29 is 24.0 Å². The standard InChI is InChI=1S/C25H24N2O6S/c1-3-14-33-21-11-6-5-8-17(21)12-13-22(28)26-24-23(25(29)32-4-2)20(16-34-24)18-9-7-10-19(15-18)27(30)31/h5-13,15-16H,3-4,14H2,1-2H3,(H,26,28). The number of amides is 1. The molecule has 1 aromatic heterocycles. The number of esters is 1. The zero-order valence-corrected chi connectivity index (χ0v) is 19.6. The molecule has 0 aliphatic carbocycles. The summed E-state index contributed by atoms with van der Waals surface area (Å²) in [5, 5.41) is 15.9. The van der Waals surface area contributed by atoms with Gasteiger partial charge in [-0.05, 0) is 31.1 Å². The molecule has 0 fully saturated rings. The number of benzene rings is 2. The number of carbonyl (C=O) groups excluding carboxylic acids is 2. The summed E-state index contributed by atoms with van der Waals surface area (Å²) in [5.74, 6) is -0.393. The molecule has 0 bridgehead atoms. The number of anilines is 1. The predicted octanol–water partition coefficient (Wildman–Crippen LogP) is 5.94. The van der Waals surface area contributed by atoms with Crippen LogP contribution in [0.3, 0.4) is 0 Å². The topological polar surface area (TPSA) is 108 Å². The van der Waals surface area contributed by atoms with E-state index in [2.05, 4.69) is 5.32 Å². The van der Waals surface area contributed by atoms with Crippen molar-refractivity contribution in [3.05, 3.63) is 81.2 Å². The minimum Gasteiger partial charge on any atom is -0.493 e. The van der Waals surface area contributed by atoms with Gasteiger partial charge in [0.2, 0.25) is 5.91 Å². The van der Waals surface area contributed by atoms with Crippen LogP contribution in [0.4, 0.5) is 10.7 Å². The van der Waals surface area contributed by atoms with Gasteiger partial charge < -0.3 is 14.8 Å². The number of nitrogens with one attached hydrogen (secondary N) is 1. The zero-order chi connectivity index (χ0) is 24.5. The SMILES string of the molecule is CCCOc1ccccc1C=CC(=O)Nc1scc(-c2cccc([N+](=O)[O-])c2)c1C(=O)OCC. The van der Waals surface area contributed by atoms with Crippen LogP contribution in [-0.2, 0) is 9.53 Å². The summed E-state index contributed by atoms with van der Waals surface area (Å²) in [6.45, 7) is 4.40. The number of hydrogen-bond donors (Lipinski definition) is 1. The summed E-state index contributed by atoms with van der Waals surface area (Å²) in [5.41, 5.74) is 1.73. The van der Waals surface area contributed by atoms with E-state index in [9.17, 15) is 19.7 Å². The first kappa shape index (κ1) is 24.7. The quantitative estimate of drug-likeness (QED) is 0.166. The molecular weight excluding hydrogens is 456 g/mol. The average molecular weight is 481 g/mol. The molecule has 0 aliphatic heterocycles. The molecule has 0 spiro atoms. The van der Waals surface area contributed by atoms with Crippen LogP contribution in [0.25, 0.3) is 17.2 Å². The molecule has 176 valence electrons. The fraction of sp³-hybridized carbons (Fsp3) is 0.200. The summed E-state index contributed by atoms with van der Waals surface area (Å²) in [4.78, 5) is 36.0. The largest absolute Gasteiger partial charge is 0.493 e. The van der Waals surface area contributed by atoms with Gasteiger partial charge in [0.05, 0.1) is 18.1 Å². The van der Waals surface area contributed by atoms with Gasteiger partial charge in [-0.15, -0.1) is 11.3 Å². The number of non-ortho nitro benzene ring substituents is 1. The number of nitrogens with zero attached hydrogens (tertiary/aromatic N) is 1. The van der Waals surface area contributed by atoms with E-state index in [1.807, 2.05) is 31.2 Å². The molecule has 8 nitrogen and oxygen atoms in total. The summed E-state index contributed by atoms with van der Waals surface area (Å²) in [6, 6.07) is 13.3. The van der Waals surface area contributed by atoms with Gasteiger partial charge in [-0.25, -0.2) is 4.79 Å². The number of carbonyl (C=O) groups is 2. The van der Waals surface area contributed by atoms with Crippen molar-refractivity contribution in [3.63, 3.8) is 0 Å². The van der Waals surface area contributed by atoms with Crippen molar-refractivity contribution in [1.29, 1.82) is 0 Å². The fourth-order valence-corrected chi connectivity index (χ4v) is 4.10. The minimum absolute atomic E-state index is 0.101. The average Bonchev–Trinajstić information content (AvgIpc) is 3.25. The first-order valence-corrected chi connectivity index (χ1v) is 11.6. The Hall–Kier alpha value is -3.98. The van der Waals surface area contributed by atoms with Crippen LogP contribution in [-0.4, -0.2) is 30.0 Å². The van der Waals surface area contributed by atoms with Gasteiger partial charge in [0, 0.05) is 34.7 Å². The second kappa shape index (κ2) is 11.8. The number of rotatable bonds is 10. The monoisotopic (exact) mass is 480 g/mol. The van der Waals surface area contributed by atoms with Crippen molar-refractivity contribution in [3.8, 4) is 16.9 Å². The summed E-state index contributed by atoms with van der Waals surface area (Å²) >= 11 is 1.14. The van der Waals surface area contributed by atoms with Gasteiger partial charge in [-0.3, -0.25) is 14.9 Å². The van der Waals surface area contributed by atoms with Gasteiger partial charge in [-0.1, -0.05) is 37.3 Å². The normalized spacial score (nSPS) is 10.8. The summed E-state index contributed by atoms with van der Waals surface area (Å²) in [6.07, 6.45) is 3.86. The first-order chi connectivity index (χ1) is 16.4. The molecule has 0 unspecified atom stereocenters. The lowest BCUT2D eigenvalue weighted by Gasteiger charge is -2.09. The fourth-order valence-electron chi connectivity index (χ4n) is 3.14. The van der Waals surface area contributed by atoms with E-state index in [4.69, 9.17) is 9.47 Å². The Balaban J connectivity index is 1.88. The van der Waals surface area contributed by atoms with E-state index in [0.29, 0.717) is 28.5 Å². The van der Waals surface area contributed by atoms with E-state index in [1.54, 1.807) is 30.5 Å². The van der Waals surface area contributed by atoms with Gasteiger partial charge in [0.15, 0.2) is 0 Å². The van der Waals surface area contributed by atoms with Crippen molar-refractivity contribution in [2.45, 2.75) is 20.3 Å². The Morgan fingerprint density at radius 1 is 1.15 bits per heavy atom. The van der Waals surface area contributed by atoms with Crippen molar-refractivity contribution in [2.75, 3.05) is 18.5 Å². The third-order valence-corrected chi connectivity index (χ3v) is 5.57. The number of thiophene rings is 1. The number of ether oxygens (including phenoxy) is 2. The molecule has 0 atom stereocenters. The molecule has 34 heavy (non-hydrogen) atoms. The lowest BCUT2D eigenvalue weighted by molar-refractivity contribution is -0.384. The molecule has 3 rings (SSSR count). The van der Waals surface area contributed by atoms with E-state index >= 15 is 0 Å². The molecule has 9 heteroatoms. The maximum atomic E-state index is 12.7. The molecule has 1 amide bonds. The molecule has 2 aromatic carbocycles. The maximum Gasteiger partial charge on any atom is 0.341 e. The predicted molar refractivity (Wildman–Crippen MR) is 132 cm³/mol. The molecular formula is C25H24N2O6S. The van der Waals surface area contributed by atoms with Crippen LogP contribution >= 0.6 is 11.3 Å². The summed E-state index contributed by atoms with van der Waals surface area (Å²) in [7, 11) is 0. The second-order valence-corrected chi connectivity index (χ2v) is 7.97. The van der Waals surface area contributed by atoms with Crippen LogP contribution in [0.1, 0.15) is 36.2 Å². The molecule has 1 heterocycles. The second-order valence-electron chi connectivity index (χ2n) is 7.09. The molecule has 0 saturated heterocycles. The van der Waals surface area contributed by atoms with Gasteiger partial charge in [0.25, 0.3) is 5.69 Å². The molecule has 1 N–H and O–H groups in total. The highest BCUT2D eigenvalue weighted by Gasteiger charge is 2.23. The van der Waals surface area contributed by atoms with Crippen LogP contribution in [0, 0.1) is 10.1 Å². The Morgan fingerprint density at radius 2 is 1.94 bits per heavy atom. The Morgan fingerprint density at radius 3 is 2.68 bits per heavy atom. The van der Waals surface area contributed by atoms with Crippen LogP contribution in [0.5, 0.6) is 5.75 Å². The highest BCUT2D eigenvalue weighted by molar-refractivity contribution is 7.15. The Labute approximate surface area is 201 Å². The number of para-hydroxylation sites is 1. The van der Waals surface area contributed by atoms with E-state index in [-0.39, 0.29) is 17.9 Å². The highest BCUT2D eigenvalue weighted by Crippen LogP contribution is 2.37. The van der Waals surface area contributed by atoms with Gasteiger partial charge >= 0.3 is 5.97 Å². The number of nitro groups is 1. The number of hydrogen-bond acceptors (Lipinski definition) is 7. The maximum absolute atomic E-state index is 12.7. The smallest absolute Gasteiger partial charge is 0.341 e. The van der Waals surface area contributed by atoms with Crippen LogP contribution in [0.15, 0.2) is 60.0 Å². The summed E-state index contributed by atoms with van der Waals surface area (Å²) < 4.78 is 10.9. The van der Waals surface area contributed by atoms with Gasteiger partial charge in [0.1, 0.15) is 16.3 Å². The lowest BCUT2D eigenvalue weighted by Crippen LogP contribution is -2.12. The Bertz CT molecular complexity index is 1220. The number of nitro benzene ring substituents is 1. The molecule has 0 saturated carbocycles. The third-order valence-electron chi connectivity index (χ3n) is 4.67. The lowest BCUT2D eigenvalue weighted by atomic mass is 10.0. The van der Waals surface area contributed by atoms with E-state index in [0.717, 1.165) is 23.3 Å². The van der Waals surface area contributed by atoms with E-state index < -0.39 is 16.8 Å². The van der Waals surface area contributed by atoms with Crippen molar-refractivity contribution >= 4 is 40.0 Å². The zero-order valence-electron chi connectivity index (χ0n) is 18.8. The molecule has 3 aromatic rings. The Kier molecular flexibility index (Phi) is 8.53. The third kappa shape index (κ3) is 6.08. The first-order valence-electron chi connectivity index (χ1n) is 10.7. The minimum atomic E-state index is -0.622. The van der Waals surface area contributed by atoms with Crippen LogP contribution < -0.4 is 10.1 Å². The van der Waals surface area contributed by atoms with Crippen molar-refractivity contribution in [1.82, 2.24) is 0 Å². The molecule has 0 radical (unpaired) electrons.